The van der Waals surface area contributed by atoms with Crippen LogP contribution in [0.2, 0.25) is 10.0 Å². The highest BCUT2D eigenvalue weighted by atomic mass is 35.5. The number of halogens is 2. The molecule has 0 unspecified atom stereocenters. The number of hydrogen-bond acceptors (Lipinski definition) is 5. The Morgan fingerprint density at radius 2 is 2.09 bits per heavy atom. The number of hydrogen-bond donors (Lipinski definition) is 1. The Hall–Kier alpha value is -2.05. The van der Waals surface area contributed by atoms with Crippen LogP contribution in [0.15, 0.2) is 34.7 Å². The van der Waals surface area contributed by atoms with E-state index in [0.717, 1.165) is 11.3 Å². The van der Waals surface area contributed by atoms with Gasteiger partial charge < -0.3 is 9.73 Å². The van der Waals surface area contributed by atoms with E-state index in [1.54, 1.807) is 22.9 Å². The minimum atomic E-state index is 0.471. The standard InChI is InChI=1S/C14H13Cl2N5O/c1-2-21-14(18-19-20-21)17-8-10-4-6-13(22-10)11-7-9(15)3-5-12(11)16/h3-7H,2,8H2,1H3,(H,17,18,20). The van der Waals surface area contributed by atoms with E-state index in [1.807, 2.05) is 19.1 Å². The van der Waals surface area contributed by atoms with Gasteiger partial charge in [0.1, 0.15) is 11.5 Å². The van der Waals surface area contributed by atoms with Crippen molar-refractivity contribution in [1.82, 2.24) is 20.2 Å². The van der Waals surface area contributed by atoms with Gasteiger partial charge >= 0.3 is 0 Å². The van der Waals surface area contributed by atoms with Gasteiger partial charge in [0, 0.05) is 17.1 Å². The van der Waals surface area contributed by atoms with Crippen LogP contribution in [0.3, 0.4) is 0 Å². The summed E-state index contributed by atoms with van der Waals surface area (Å²) in [4.78, 5) is 0. The lowest BCUT2D eigenvalue weighted by Crippen LogP contribution is -2.07. The maximum atomic E-state index is 6.17. The SMILES string of the molecule is CCn1nnnc1NCc1ccc(-c2cc(Cl)ccc2Cl)o1. The molecule has 3 rings (SSSR count). The number of furan rings is 1. The lowest BCUT2D eigenvalue weighted by molar-refractivity contribution is 0.529. The van der Waals surface area contributed by atoms with Gasteiger partial charge in [-0.25, -0.2) is 4.68 Å². The van der Waals surface area contributed by atoms with Crippen LogP contribution in [0, 0.1) is 0 Å². The molecule has 1 aromatic carbocycles. The quantitative estimate of drug-likeness (QED) is 0.765. The van der Waals surface area contributed by atoms with Crippen LogP contribution in [-0.4, -0.2) is 20.2 Å². The van der Waals surface area contributed by atoms with Crippen molar-refractivity contribution in [3.8, 4) is 11.3 Å². The molecular weight excluding hydrogens is 325 g/mol. The Morgan fingerprint density at radius 1 is 1.23 bits per heavy atom. The van der Waals surface area contributed by atoms with E-state index in [9.17, 15) is 0 Å². The van der Waals surface area contributed by atoms with Crippen LogP contribution < -0.4 is 5.32 Å². The summed E-state index contributed by atoms with van der Waals surface area (Å²) in [5, 5.41) is 15.7. The first-order valence-electron chi connectivity index (χ1n) is 6.71. The Bertz CT molecular complexity index is 783. The average molecular weight is 338 g/mol. The van der Waals surface area contributed by atoms with Crippen LogP contribution in [-0.2, 0) is 13.1 Å². The molecule has 2 heterocycles. The van der Waals surface area contributed by atoms with Gasteiger partial charge in [-0.1, -0.05) is 28.3 Å². The van der Waals surface area contributed by atoms with E-state index in [0.29, 0.717) is 34.8 Å². The topological polar surface area (TPSA) is 68.8 Å². The second kappa shape index (κ2) is 6.37. The van der Waals surface area contributed by atoms with Crippen molar-refractivity contribution in [2.24, 2.45) is 0 Å². The zero-order chi connectivity index (χ0) is 15.5. The van der Waals surface area contributed by atoms with Crippen molar-refractivity contribution in [3.05, 3.63) is 46.1 Å². The van der Waals surface area contributed by atoms with E-state index >= 15 is 0 Å². The number of aromatic nitrogens is 4. The lowest BCUT2D eigenvalue weighted by atomic mass is 10.2. The van der Waals surface area contributed by atoms with Crippen molar-refractivity contribution >= 4 is 29.2 Å². The lowest BCUT2D eigenvalue weighted by Gasteiger charge is -2.04. The van der Waals surface area contributed by atoms with E-state index in [-0.39, 0.29) is 0 Å². The third-order valence-electron chi connectivity index (χ3n) is 3.11. The van der Waals surface area contributed by atoms with Gasteiger partial charge in [-0.3, -0.25) is 0 Å². The summed E-state index contributed by atoms with van der Waals surface area (Å²) in [5.74, 6) is 2.01. The van der Waals surface area contributed by atoms with Crippen molar-refractivity contribution in [1.29, 1.82) is 0 Å². The molecule has 2 aromatic heterocycles. The molecule has 0 saturated carbocycles. The van der Waals surface area contributed by atoms with Crippen LogP contribution in [0.25, 0.3) is 11.3 Å². The van der Waals surface area contributed by atoms with Crippen LogP contribution in [0.5, 0.6) is 0 Å². The van der Waals surface area contributed by atoms with E-state index in [2.05, 4.69) is 20.8 Å². The van der Waals surface area contributed by atoms with Crippen LogP contribution in [0.1, 0.15) is 12.7 Å². The Morgan fingerprint density at radius 3 is 2.91 bits per heavy atom. The van der Waals surface area contributed by atoms with Gasteiger partial charge in [0.25, 0.3) is 0 Å². The van der Waals surface area contributed by atoms with Crippen molar-refractivity contribution < 1.29 is 4.42 Å². The van der Waals surface area contributed by atoms with Crippen molar-refractivity contribution in [2.45, 2.75) is 20.0 Å². The van der Waals surface area contributed by atoms with Gasteiger partial charge in [-0.05, 0) is 47.7 Å². The molecule has 8 heteroatoms. The summed E-state index contributed by atoms with van der Waals surface area (Å²) in [6, 6.07) is 8.99. The Labute approximate surface area is 137 Å². The highest BCUT2D eigenvalue weighted by Crippen LogP contribution is 2.31. The molecule has 3 aromatic rings. The maximum absolute atomic E-state index is 6.17. The molecule has 1 N–H and O–H groups in total. The molecule has 0 amide bonds. The number of tetrazole rings is 1. The van der Waals surface area contributed by atoms with Gasteiger partial charge in [-0.2, -0.15) is 0 Å². The number of rotatable bonds is 5. The molecule has 0 aliphatic rings. The fraction of sp³-hybridized carbons (Fsp3) is 0.214. The molecule has 0 bridgehead atoms. The number of aryl methyl sites for hydroxylation is 1. The summed E-state index contributed by atoms with van der Waals surface area (Å²) in [6.07, 6.45) is 0. The Kier molecular flexibility index (Phi) is 4.31. The molecule has 0 atom stereocenters. The normalized spacial score (nSPS) is 10.9. The van der Waals surface area contributed by atoms with E-state index in [4.69, 9.17) is 27.6 Å². The molecule has 0 aliphatic carbocycles. The average Bonchev–Trinajstić information content (AvgIpc) is 3.16. The third kappa shape index (κ3) is 3.08. The zero-order valence-corrected chi connectivity index (χ0v) is 13.3. The molecule has 0 saturated heterocycles. The molecular formula is C14H13Cl2N5O. The molecule has 22 heavy (non-hydrogen) atoms. The van der Waals surface area contributed by atoms with Crippen LogP contribution >= 0.6 is 23.2 Å². The molecule has 0 radical (unpaired) electrons. The van der Waals surface area contributed by atoms with E-state index in [1.165, 1.54) is 0 Å². The fourth-order valence-corrected chi connectivity index (χ4v) is 2.40. The third-order valence-corrected chi connectivity index (χ3v) is 3.67. The molecule has 0 spiro atoms. The fourth-order valence-electron chi connectivity index (χ4n) is 2.01. The summed E-state index contributed by atoms with van der Waals surface area (Å²) in [7, 11) is 0. The predicted molar refractivity (Wildman–Crippen MR) is 85.0 cm³/mol. The van der Waals surface area contributed by atoms with Gasteiger partial charge in [0.15, 0.2) is 0 Å². The first kappa shape index (κ1) is 14.9. The van der Waals surface area contributed by atoms with Crippen molar-refractivity contribution in [3.63, 3.8) is 0 Å². The first-order chi connectivity index (χ1) is 10.7. The second-order valence-electron chi connectivity index (χ2n) is 4.56. The highest BCUT2D eigenvalue weighted by molar-refractivity contribution is 6.35. The number of nitrogens with one attached hydrogen (secondary N) is 1. The number of benzene rings is 1. The number of anilines is 1. The van der Waals surface area contributed by atoms with Gasteiger partial charge in [0.05, 0.1) is 11.6 Å². The van der Waals surface area contributed by atoms with Crippen LogP contribution in [0.4, 0.5) is 5.95 Å². The molecule has 114 valence electrons. The maximum Gasteiger partial charge on any atom is 0.243 e. The number of nitrogens with zero attached hydrogens (tertiary/aromatic N) is 4. The first-order valence-corrected chi connectivity index (χ1v) is 7.47. The molecule has 6 nitrogen and oxygen atoms in total. The molecule has 0 aliphatic heterocycles. The van der Waals surface area contributed by atoms with Gasteiger partial charge in [0.2, 0.25) is 5.95 Å². The minimum absolute atomic E-state index is 0.471. The smallest absolute Gasteiger partial charge is 0.243 e. The largest absolute Gasteiger partial charge is 0.459 e. The summed E-state index contributed by atoms with van der Waals surface area (Å²) in [5.41, 5.74) is 0.763. The van der Waals surface area contributed by atoms with E-state index < -0.39 is 0 Å². The highest BCUT2D eigenvalue weighted by Gasteiger charge is 2.10. The molecule has 0 fully saturated rings. The summed E-state index contributed by atoms with van der Waals surface area (Å²) >= 11 is 12.2. The predicted octanol–water partition coefficient (Wildman–Crippen LogP) is 3.87. The minimum Gasteiger partial charge on any atom is -0.459 e. The summed E-state index contributed by atoms with van der Waals surface area (Å²) in [6.45, 7) is 3.13. The van der Waals surface area contributed by atoms with Gasteiger partial charge in [-0.15, -0.1) is 0 Å². The monoisotopic (exact) mass is 337 g/mol. The Balaban J connectivity index is 1.75. The zero-order valence-electron chi connectivity index (χ0n) is 11.8. The van der Waals surface area contributed by atoms with Crippen molar-refractivity contribution in [2.75, 3.05) is 5.32 Å². The second-order valence-corrected chi connectivity index (χ2v) is 5.41. The summed E-state index contributed by atoms with van der Waals surface area (Å²) < 4.78 is 7.46.